The second-order valence-corrected chi connectivity index (χ2v) is 5.18. The van der Waals surface area contributed by atoms with Crippen LogP contribution in [0.5, 0.6) is 5.75 Å². The van der Waals surface area contributed by atoms with Gasteiger partial charge in [-0.3, -0.25) is 4.79 Å². The number of fused-ring (bicyclic) bond motifs is 1. The quantitative estimate of drug-likeness (QED) is 0.749. The van der Waals surface area contributed by atoms with E-state index in [0.29, 0.717) is 22.6 Å². The fourth-order valence-electron chi connectivity index (χ4n) is 2.24. The van der Waals surface area contributed by atoms with E-state index in [1.807, 2.05) is 26.0 Å². The molecular formula is C14H12N2O2S. The standard InChI is InChI=1S/C14H12N2O2S/c1-8-3-9(2)13-12(4-8)18-6-10(14(13)17)5-11-7-19-16-15-11/h3-5,7H,6H2,1-2H3/b10-5-. The number of hydrogen-bond donors (Lipinski definition) is 0. The summed E-state index contributed by atoms with van der Waals surface area (Å²) in [5.74, 6) is 0.697. The molecule has 0 atom stereocenters. The van der Waals surface area contributed by atoms with E-state index in [1.165, 1.54) is 11.5 Å². The molecule has 19 heavy (non-hydrogen) atoms. The lowest BCUT2D eigenvalue weighted by atomic mass is 9.94. The van der Waals surface area contributed by atoms with Gasteiger partial charge in [-0.15, -0.1) is 5.10 Å². The van der Waals surface area contributed by atoms with E-state index < -0.39 is 0 Å². The van der Waals surface area contributed by atoms with Crippen LogP contribution in [0.3, 0.4) is 0 Å². The Balaban J connectivity index is 2.05. The van der Waals surface area contributed by atoms with Crippen molar-refractivity contribution in [2.45, 2.75) is 13.8 Å². The maximum Gasteiger partial charge on any atom is 0.196 e. The molecule has 5 heteroatoms. The van der Waals surface area contributed by atoms with Crippen molar-refractivity contribution in [3.8, 4) is 5.75 Å². The van der Waals surface area contributed by atoms with Gasteiger partial charge in [-0.1, -0.05) is 10.6 Å². The average molecular weight is 272 g/mol. The lowest BCUT2D eigenvalue weighted by molar-refractivity contribution is 0.1000. The molecule has 1 aliphatic rings. The van der Waals surface area contributed by atoms with Crippen molar-refractivity contribution in [2.75, 3.05) is 6.61 Å². The highest BCUT2D eigenvalue weighted by Crippen LogP contribution is 2.31. The monoisotopic (exact) mass is 272 g/mol. The smallest absolute Gasteiger partial charge is 0.196 e. The second kappa shape index (κ2) is 4.59. The lowest BCUT2D eigenvalue weighted by Crippen LogP contribution is -2.20. The molecule has 96 valence electrons. The van der Waals surface area contributed by atoms with Gasteiger partial charge in [0, 0.05) is 11.0 Å². The number of nitrogens with zero attached hydrogens (tertiary/aromatic N) is 2. The molecule has 0 bridgehead atoms. The number of benzene rings is 1. The van der Waals surface area contributed by atoms with E-state index in [9.17, 15) is 4.79 Å². The van der Waals surface area contributed by atoms with Gasteiger partial charge in [-0.05, 0) is 48.6 Å². The van der Waals surface area contributed by atoms with Crippen molar-refractivity contribution in [3.05, 3.63) is 45.5 Å². The van der Waals surface area contributed by atoms with Gasteiger partial charge >= 0.3 is 0 Å². The molecule has 1 aliphatic heterocycles. The highest BCUT2D eigenvalue weighted by molar-refractivity contribution is 7.03. The SMILES string of the molecule is Cc1cc(C)c2c(c1)OC/C(=C/c1csnn1)C2=O. The zero-order chi connectivity index (χ0) is 13.4. The van der Waals surface area contributed by atoms with Crippen molar-refractivity contribution >= 4 is 23.4 Å². The van der Waals surface area contributed by atoms with Gasteiger partial charge in [0.25, 0.3) is 0 Å². The van der Waals surface area contributed by atoms with Crippen molar-refractivity contribution in [3.63, 3.8) is 0 Å². The van der Waals surface area contributed by atoms with Gasteiger partial charge in [0.05, 0.1) is 11.3 Å². The van der Waals surface area contributed by atoms with Crippen LogP contribution in [0.2, 0.25) is 0 Å². The van der Waals surface area contributed by atoms with E-state index in [0.717, 1.165) is 11.1 Å². The normalized spacial score (nSPS) is 16.3. The summed E-state index contributed by atoms with van der Waals surface area (Å²) in [5.41, 5.74) is 4.02. The van der Waals surface area contributed by atoms with Crippen LogP contribution >= 0.6 is 11.5 Å². The van der Waals surface area contributed by atoms with Gasteiger partial charge in [-0.25, -0.2) is 0 Å². The summed E-state index contributed by atoms with van der Waals surface area (Å²) in [5, 5.41) is 5.73. The molecule has 0 unspecified atom stereocenters. The molecular weight excluding hydrogens is 260 g/mol. The predicted molar refractivity (Wildman–Crippen MR) is 73.6 cm³/mol. The van der Waals surface area contributed by atoms with Crippen LogP contribution in [0, 0.1) is 13.8 Å². The van der Waals surface area contributed by atoms with Crippen molar-refractivity contribution in [2.24, 2.45) is 0 Å². The molecule has 3 rings (SSSR count). The molecule has 0 spiro atoms. The van der Waals surface area contributed by atoms with Crippen LogP contribution in [0.1, 0.15) is 27.2 Å². The number of ether oxygens (including phenoxy) is 1. The number of carbonyl (C=O) groups excluding carboxylic acids is 1. The van der Waals surface area contributed by atoms with Gasteiger partial charge < -0.3 is 4.74 Å². The van der Waals surface area contributed by atoms with Gasteiger partial charge in [0.15, 0.2) is 5.78 Å². The number of hydrogen-bond acceptors (Lipinski definition) is 5. The average Bonchev–Trinajstić information content (AvgIpc) is 2.85. The predicted octanol–water partition coefficient (Wildman–Crippen LogP) is 2.81. The molecule has 0 N–H and O–H groups in total. The highest BCUT2D eigenvalue weighted by Gasteiger charge is 2.25. The molecule has 0 saturated heterocycles. The Morgan fingerprint density at radius 3 is 2.95 bits per heavy atom. The minimum Gasteiger partial charge on any atom is -0.488 e. The first-order valence-corrected chi connectivity index (χ1v) is 6.75. The minimum absolute atomic E-state index is 0.0201. The lowest BCUT2D eigenvalue weighted by Gasteiger charge is -2.21. The zero-order valence-electron chi connectivity index (χ0n) is 10.6. The van der Waals surface area contributed by atoms with Crippen LogP contribution in [0.25, 0.3) is 6.08 Å². The van der Waals surface area contributed by atoms with Crippen LogP contribution in [0.4, 0.5) is 0 Å². The largest absolute Gasteiger partial charge is 0.488 e. The summed E-state index contributed by atoms with van der Waals surface area (Å²) >= 11 is 1.26. The first-order valence-electron chi connectivity index (χ1n) is 5.91. The third kappa shape index (κ3) is 2.17. The molecule has 1 aromatic heterocycles. The van der Waals surface area contributed by atoms with Gasteiger partial charge in [0.2, 0.25) is 0 Å². The third-order valence-corrected chi connectivity index (χ3v) is 3.57. The molecule has 0 radical (unpaired) electrons. The summed E-state index contributed by atoms with van der Waals surface area (Å²) in [6, 6.07) is 3.90. The Labute approximate surface area is 114 Å². The molecule has 4 nitrogen and oxygen atoms in total. The molecule has 2 heterocycles. The van der Waals surface area contributed by atoms with Gasteiger partial charge in [0.1, 0.15) is 12.4 Å². The summed E-state index contributed by atoms with van der Waals surface area (Å²) < 4.78 is 9.46. The Hall–Kier alpha value is -2.01. The van der Waals surface area contributed by atoms with Crippen LogP contribution in [0.15, 0.2) is 23.1 Å². The van der Waals surface area contributed by atoms with Crippen LogP contribution in [-0.4, -0.2) is 22.0 Å². The van der Waals surface area contributed by atoms with E-state index in [2.05, 4.69) is 9.59 Å². The summed E-state index contributed by atoms with van der Waals surface area (Å²) in [4.78, 5) is 12.5. The van der Waals surface area contributed by atoms with Gasteiger partial charge in [-0.2, -0.15) is 0 Å². The third-order valence-electron chi connectivity index (χ3n) is 3.04. The minimum atomic E-state index is 0.0201. The number of carbonyl (C=O) groups is 1. The number of rotatable bonds is 1. The van der Waals surface area contributed by atoms with E-state index >= 15 is 0 Å². The number of Topliss-reactive ketones (excluding diaryl/α,β-unsaturated/α-hetero) is 1. The molecule has 2 aromatic rings. The maximum atomic E-state index is 12.5. The second-order valence-electron chi connectivity index (χ2n) is 4.57. The maximum absolute atomic E-state index is 12.5. The molecule has 0 fully saturated rings. The molecule has 0 saturated carbocycles. The summed E-state index contributed by atoms with van der Waals surface area (Å²) in [6.45, 7) is 4.21. The Morgan fingerprint density at radius 1 is 1.37 bits per heavy atom. The summed E-state index contributed by atoms with van der Waals surface area (Å²) in [6.07, 6.45) is 1.74. The Kier molecular flexibility index (Phi) is 2.91. The fourth-order valence-corrected chi connectivity index (χ4v) is 2.65. The summed E-state index contributed by atoms with van der Waals surface area (Å²) in [7, 11) is 0. The van der Waals surface area contributed by atoms with Crippen molar-refractivity contribution in [1.82, 2.24) is 9.59 Å². The number of ketones is 1. The van der Waals surface area contributed by atoms with Crippen molar-refractivity contribution in [1.29, 1.82) is 0 Å². The van der Waals surface area contributed by atoms with E-state index in [-0.39, 0.29) is 12.4 Å². The van der Waals surface area contributed by atoms with Crippen LogP contribution in [-0.2, 0) is 0 Å². The number of aromatic nitrogens is 2. The van der Waals surface area contributed by atoms with Crippen LogP contribution < -0.4 is 4.74 Å². The Bertz CT molecular complexity index is 675. The molecule has 1 aromatic carbocycles. The first-order chi connectivity index (χ1) is 9.15. The van der Waals surface area contributed by atoms with E-state index in [1.54, 1.807) is 11.5 Å². The zero-order valence-corrected chi connectivity index (χ0v) is 11.5. The fraction of sp³-hybridized carbons (Fsp3) is 0.214. The molecule has 0 amide bonds. The first kappa shape index (κ1) is 12.0. The number of aryl methyl sites for hydroxylation is 2. The highest BCUT2D eigenvalue weighted by atomic mass is 32.1. The van der Waals surface area contributed by atoms with Crippen molar-refractivity contribution < 1.29 is 9.53 Å². The van der Waals surface area contributed by atoms with E-state index in [4.69, 9.17) is 4.74 Å². The molecule has 0 aliphatic carbocycles. The topological polar surface area (TPSA) is 52.1 Å². The Morgan fingerprint density at radius 2 is 2.21 bits per heavy atom.